The number of esters is 1. The van der Waals surface area contributed by atoms with Crippen molar-refractivity contribution in [2.24, 2.45) is 4.99 Å². The van der Waals surface area contributed by atoms with Crippen molar-refractivity contribution in [2.45, 2.75) is 52.1 Å². The molecule has 0 fully saturated rings. The minimum Gasteiger partial charge on any atom is -0.462 e. The highest BCUT2D eigenvalue weighted by Crippen LogP contribution is 2.46. The van der Waals surface area contributed by atoms with Gasteiger partial charge in [-0.1, -0.05) is 48.5 Å². The molecule has 174 valence electrons. The molecule has 4 nitrogen and oxygen atoms in total. The summed E-state index contributed by atoms with van der Waals surface area (Å²) in [6.07, 6.45) is 2.68. The number of rotatable bonds is 4. The van der Waals surface area contributed by atoms with Gasteiger partial charge in [-0.05, 0) is 74.2 Å². The van der Waals surface area contributed by atoms with Gasteiger partial charge < -0.3 is 10.1 Å². The Balaban J connectivity index is 1.72. The van der Waals surface area contributed by atoms with E-state index < -0.39 is 0 Å². The number of carbonyl (C=O) groups excluding carboxylic acids is 1. The fraction of sp³-hybridized carbons (Fsp3) is 0.310. The Morgan fingerprint density at radius 2 is 1.68 bits per heavy atom. The van der Waals surface area contributed by atoms with E-state index in [0.29, 0.717) is 17.2 Å². The van der Waals surface area contributed by atoms with Crippen molar-refractivity contribution < 1.29 is 9.53 Å². The molecule has 5 rings (SSSR count). The quantitative estimate of drug-likeness (QED) is 0.196. The zero-order valence-corrected chi connectivity index (χ0v) is 21.2. The van der Waals surface area contributed by atoms with Crippen LogP contribution >= 0.6 is 11.3 Å². The Kier molecular flexibility index (Phi) is 5.58. The molecule has 0 radical (unpaired) electrons. The molecular weight excluding hydrogens is 440 g/mol. The second-order valence-electron chi connectivity index (χ2n) is 10.1. The summed E-state index contributed by atoms with van der Waals surface area (Å²) in [6.45, 7) is 10.9. The zero-order chi connectivity index (χ0) is 24.1. The molecule has 0 amide bonds. The SMILES string of the molecule is CCOC(=O)c1c(N=Cc2c3ccccc3cc3ccccc23)sc2c1CC(C)(C)NC2(C)C. The minimum absolute atomic E-state index is 0.133. The van der Waals surface area contributed by atoms with Gasteiger partial charge in [0.1, 0.15) is 5.00 Å². The molecule has 4 aromatic rings. The number of nitrogens with zero attached hydrogens (tertiary/aromatic N) is 1. The highest BCUT2D eigenvalue weighted by Gasteiger charge is 2.41. The smallest absolute Gasteiger partial charge is 0.341 e. The highest BCUT2D eigenvalue weighted by molar-refractivity contribution is 7.16. The van der Waals surface area contributed by atoms with Crippen molar-refractivity contribution in [1.82, 2.24) is 5.32 Å². The van der Waals surface area contributed by atoms with Crippen LogP contribution in [0.25, 0.3) is 21.5 Å². The first kappa shape index (κ1) is 22.8. The van der Waals surface area contributed by atoms with Crippen LogP contribution in [0.4, 0.5) is 5.00 Å². The van der Waals surface area contributed by atoms with Crippen LogP contribution in [0, 0.1) is 0 Å². The fourth-order valence-corrected chi connectivity index (χ4v) is 6.54. The van der Waals surface area contributed by atoms with Crippen LogP contribution in [0.3, 0.4) is 0 Å². The van der Waals surface area contributed by atoms with E-state index in [4.69, 9.17) is 9.73 Å². The Morgan fingerprint density at radius 1 is 1.06 bits per heavy atom. The summed E-state index contributed by atoms with van der Waals surface area (Å²) >= 11 is 1.59. The molecule has 2 heterocycles. The molecule has 0 saturated heterocycles. The standard InChI is InChI=1S/C29H30N2O2S/c1-6-33-27(32)24-22-16-28(2,3)31-29(4,5)25(22)34-26(24)30-17-23-20-13-9-7-11-18(20)15-19-12-8-10-14-21(19)23/h7-15,17,31H,6,16H2,1-5H3. The van der Waals surface area contributed by atoms with E-state index in [1.807, 2.05) is 13.1 Å². The fourth-order valence-electron chi connectivity index (χ4n) is 5.33. The van der Waals surface area contributed by atoms with Gasteiger partial charge in [0.25, 0.3) is 0 Å². The number of carbonyl (C=O) groups is 1. The Hall–Kier alpha value is -3.02. The maximum absolute atomic E-state index is 13.1. The van der Waals surface area contributed by atoms with E-state index in [0.717, 1.165) is 33.2 Å². The van der Waals surface area contributed by atoms with E-state index in [1.54, 1.807) is 11.3 Å². The number of thiophene rings is 1. The summed E-state index contributed by atoms with van der Waals surface area (Å²) in [5.41, 5.74) is 2.35. The number of benzene rings is 3. The molecule has 5 heteroatoms. The van der Waals surface area contributed by atoms with Crippen LogP contribution < -0.4 is 5.32 Å². The summed E-state index contributed by atoms with van der Waals surface area (Å²) < 4.78 is 5.50. The molecule has 3 aromatic carbocycles. The molecular formula is C29H30N2O2S. The van der Waals surface area contributed by atoms with Gasteiger partial charge in [0.05, 0.1) is 12.2 Å². The molecule has 1 aromatic heterocycles. The first-order chi connectivity index (χ1) is 16.2. The Labute approximate surface area is 204 Å². The lowest BCUT2D eigenvalue weighted by Gasteiger charge is -2.42. The molecule has 34 heavy (non-hydrogen) atoms. The summed E-state index contributed by atoms with van der Waals surface area (Å²) in [5.74, 6) is -0.288. The van der Waals surface area contributed by atoms with E-state index in [2.05, 4.69) is 87.6 Å². The van der Waals surface area contributed by atoms with Crippen molar-refractivity contribution >= 4 is 50.1 Å². The van der Waals surface area contributed by atoms with Crippen LogP contribution in [0.15, 0.2) is 59.6 Å². The van der Waals surface area contributed by atoms with Gasteiger partial charge in [-0.15, -0.1) is 11.3 Å². The van der Waals surface area contributed by atoms with Crippen molar-refractivity contribution in [3.8, 4) is 0 Å². The number of aliphatic imine (C=N–C) groups is 1. The number of hydrogen-bond acceptors (Lipinski definition) is 5. The van der Waals surface area contributed by atoms with Gasteiger partial charge >= 0.3 is 5.97 Å². The molecule has 0 saturated carbocycles. The molecule has 1 aliphatic rings. The molecule has 1 N–H and O–H groups in total. The van der Waals surface area contributed by atoms with Crippen molar-refractivity contribution in [3.05, 3.63) is 76.2 Å². The van der Waals surface area contributed by atoms with Crippen LogP contribution in [-0.4, -0.2) is 24.3 Å². The third-order valence-corrected chi connectivity index (χ3v) is 7.89. The van der Waals surface area contributed by atoms with Crippen LogP contribution in [0.5, 0.6) is 0 Å². The average Bonchev–Trinajstić information content (AvgIpc) is 3.14. The lowest BCUT2D eigenvalue weighted by atomic mass is 9.81. The second-order valence-corrected chi connectivity index (χ2v) is 11.1. The number of fused-ring (bicyclic) bond motifs is 3. The van der Waals surface area contributed by atoms with Crippen LogP contribution in [-0.2, 0) is 16.7 Å². The van der Waals surface area contributed by atoms with Crippen LogP contribution in [0.2, 0.25) is 0 Å². The van der Waals surface area contributed by atoms with Gasteiger partial charge in [-0.3, -0.25) is 0 Å². The molecule has 0 aliphatic carbocycles. The van der Waals surface area contributed by atoms with E-state index in [-0.39, 0.29) is 17.0 Å². The predicted octanol–water partition coefficient (Wildman–Crippen LogP) is 7.14. The number of nitrogens with one attached hydrogen (secondary N) is 1. The first-order valence-corrected chi connectivity index (χ1v) is 12.6. The average molecular weight is 471 g/mol. The Bertz CT molecular complexity index is 1390. The number of hydrogen-bond donors (Lipinski definition) is 1. The Morgan fingerprint density at radius 3 is 2.29 bits per heavy atom. The largest absolute Gasteiger partial charge is 0.462 e. The molecule has 0 atom stereocenters. The molecule has 0 bridgehead atoms. The molecule has 0 unspecified atom stereocenters. The summed E-state index contributed by atoms with van der Waals surface area (Å²) in [6, 6.07) is 19.0. The highest BCUT2D eigenvalue weighted by atomic mass is 32.1. The second kappa shape index (κ2) is 8.33. The first-order valence-electron chi connectivity index (χ1n) is 11.8. The topological polar surface area (TPSA) is 50.7 Å². The molecule has 1 aliphatic heterocycles. The van der Waals surface area contributed by atoms with E-state index in [9.17, 15) is 4.79 Å². The summed E-state index contributed by atoms with van der Waals surface area (Å²) in [4.78, 5) is 19.3. The summed E-state index contributed by atoms with van der Waals surface area (Å²) in [5, 5.41) is 9.08. The third kappa shape index (κ3) is 3.93. The predicted molar refractivity (Wildman–Crippen MR) is 143 cm³/mol. The van der Waals surface area contributed by atoms with Crippen molar-refractivity contribution in [3.63, 3.8) is 0 Å². The zero-order valence-electron chi connectivity index (χ0n) is 20.4. The van der Waals surface area contributed by atoms with Gasteiger partial charge in [0, 0.05) is 27.7 Å². The maximum Gasteiger partial charge on any atom is 0.341 e. The molecule has 0 spiro atoms. The lowest BCUT2D eigenvalue weighted by Crippen LogP contribution is -2.55. The van der Waals surface area contributed by atoms with Gasteiger partial charge in [0.15, 0.2) is 0 Å². The van der Waals surface area contributed by atoms with Crippen molar-refractivity contribution in [1.29, 1.82) is 0 Å². The van der Waals surface area contributed by atoms with Gasteiger partial charge in [-0.2, -0.15) is 0 Å². The van der Waals surface area contributed by atoms with E-state index >= 15 is 0 Å². The summed E-state index contributed by atoms with van der Waals surface area (Å²) in [7, 11) is 0. The van der Waals surface area contributed by atoms with Crippen molar-refractivity contribution in [2.75, 3.05) is 6.61 Å². The normalized spacial score (nSPS) is 16.7. The number of ether oxygens (including phenoxy) is 1. The van der Waals surface area contributed by atoms with Gasteiger partial charge in [-0.25, -0.2) is 9.79 Å². The monoisotopic (exact) mass is 470 g/mol. The maximum atomic E-state index is 13.1. The third-order valence-electron chi connectivity index (χ3n) is 6.43. The van der Waals surface area contributed by atoms with E-state index in [1.165, 1.54) is 10.8 Å². The van der Waals surface area contributed by atoms with Gasteiger partial charge in [0.2, 0.25) is 0 Å². The lowest BCUT2D eigenvalue weighted by molar-refractivity contribution is 0.0525. The van der Waals surface area contributed by atoms with Crippen LogP contribution in [0.1, 0.15) is 61.0 Å². The minimum atomic E-state index is -0.288.